The minimum Gasteiger partial charge on any atom is -0.379 e. The Kier molecular flexibility index (Phi) is 7.45. The van der Waals surface area contributed by atoms with Crippen LogP contribution >= 0.6 is 0 Å². The molecule has 2 saturated heterocycles. The summed E-state index contributed by atoms with van der Waals surface area (Å²) in [6, 6.07) is 15.0. The van der Waals surface area contributed by atoms with Gasteiger partial charge in [0.25, 0.3) is 0 Å². The summed E-state index contributed by atoms with van der Waals surface area (Å²) in [6.07, 6.45) is 6.35. The number of ether oxygens (including phenoxy) is 1. The molecule has 30 heavy (non-hydrogen) atoms. The Morgan fingerprint density at radius 2 is 1.97 bits per heavy atom. The molecular weight excluding hydrogens is 376 g/mol. The molecule has 6 heteroatoms. The minimum atomic E-state index is 0.171. The zero-order valence-electron chi connectivity index (χ0n) is 17.6. The van der Waals surface area contributed by atoms with E-state index in [1.807, 2.05) is 24.5 Å². The number of nitrogens with zero attached hydrogens (tertiary/aromatic N) is 3. The largest absolute Gasteiger partial charge is 0.379 e. The summed E-state index contributed by atoms with van der Waals surface area (Å²) in [6.45, 7) is 5.80. The zero-order valence-corrected chi connectivity index (χ0v) is 17.6. The minimum absolute atomic E-state index is 0.171. The topological polar surface area (TPSA) is 57.7 Å². The van der Waals surface area contributed by atoms with Crippen LogP contribution in [-0.2, 0) is 16.1 Å². The first-order valence-electron chi connectivity index (χ1n) is 11.1. The first kappa shape index (κ1) is 21.0. The molecule has 2 aliphatic rings. The van der Waals surface area contributed by atoms with Crippen molar-refractivity contribution in [2.24, 2.45) is 0 Å². The molecule has 2 atom stereocenters. The molecule has 160 valence electrons. The highest BCUT2D eigenvalue weighted by molar-refractivity contribution is 5.78. The number of morpholine rings is 1. The predicted molar refractivity (Wildman–Crippen MR) is 117 cm³/mol. The van der Waals surface area contributed by atoms with Gasteiger partial charge in [-0.1, -0.05) is 36.4 Å². The molecule has 2 fully saturated rings. The van der Waals surface area contributed by atoms with Gasteiger partial charge in [-0.25, -0.2) is 0 Å². The quantitative estimate of drug-likeness (QED) is 0.647. The average Bonchev–Trinajstić information content (AvgIpc) is 3.16. The van der Waals surface area contributed by atoms with Crippen LogP contribution in [0.1, 0.15) is 36.4 Å². The zero-order chi connectivity index (χ0) is 20.6. The first-order valence-corrected chi connectivity index (χ1v) is 11.1. The highest BCUT2D eigenvalue weighted by Gasteiger charge is 2.34. The molecule has 1 amide bonds. The van der Waals surface area contributed by atoms with Crippen molar-refractivity contribution in [1.82, 2.24) is 20.1 Å². The van der Waals surface area contributed by atoms with Crippen LogP contribution in [0.15, 0.2) is 54.9 Å². The maximum atomic E-state index is 12.7. The molecule has 1 aromatic heterocycles. The standard InChI is InChI=1S/C24H32N4O2/c29-24-9-8-22(10-12-26-17-20-5-2-1-3-6-20)28(24)19-23(21-7-4-11-25-18-21)27-13-15-30-16-14-27/h1-7,11,18,22-23,26H,8-10,12-17,19H2/t22-,23+/m1/s1. The van der Waals surface area contributed by atoms with Crippen LogP contribution < -0.4 is 5.32 Å². The van der Waals surface area contributed by atoms with Gasteiger partial charge in [-0.15, -0.1) is 0 Å². The van der Waals surface area contributed by atoms with Crippen LogP contribution in [0.5, 0.6) is 0 Å². The van der Waals surface area contributed by atoms with E-state index in [4.69, 9.17) is 4.74 Å². The van der Waals surface area contributed by atoms with Crippen LogP contribution in [-0.4, -0.2) is 66.1 Å². The van der Waals surface area contributed by atoms with Gasteiger partial charge in [-0.3, -0.25) is 14.7 Å². The van der Waals surface area contributed by atoms with Gasteiger partial charge in [0.05, 0.1) is 19.3 Å². The molecule has 2 aromatic rings. The summed E-state index contributed by atoms with van der Waals surface area (Å²) >= 11 is 0. The normalized spacial score (nSPS) is 21.1. The summed E-state index contributed by atoms with van der Waals surface area (Å²) in [5.74, 6) is 0.283. The molecule has 0 aliphatic carbocycles. The summed E-state index contributed by atoms with van der Waals surface area (Å²) in [5, 5.41) is 3.54. The van der Waals surface area contributed by atoms with Gasteiger partial charge in [0.2, 0.25) is 5.91 Å². The van der Waals surface area contributed by atoms with Crippen LogP contribution in [0.3, 0.4) is 0 Å². The Labute approximate surface area is 179 Å². The average molecular weight is 409 g/mol. The first-order chi connectivity index (χ1) is 14.8. The molecule has 6 nitrogen and oxygen atoms in total. The monoisotopic (exact) mass is 408 g/mol. The van der Waals surface area contributed by atoms with Crippen molar-refractivity contribution in [2.45, 2.75) is 37.9 Å². The Morgan fingerprint density at radius 1 is 1.13 bits per heavy atom. The van der Waals surface area contributed by atoms with Crippen molar-refractivity contribution < 1.29 is 9.53 Å². The molecule has 0 radical (unpaired) electrons. The number of rotatable bonds is 9. The van der Waals surface area contributed by atoms with Crippen molar-refractivity contribution in [1.29, 1.82) is 0 Å². The van der Waals surface area contributed by atoms with Crippen LogP contribution in [0, 0.1) is 0 Å². The number of nitrogens with one attached hydrogen (secondary N) is 1. The maximum Gasteiger partial charge on any atom is 0.222 e. The molecule has 2 aliphatic heterocycles. The maximum absolute atomic E-state index is 12.7. The third kappa shape index (κ3) is 5.45. The molecule has 1 N–H and O–H groups in total. The summed E-state index contributed by atoms with van der Waals surface area (Å²) < 4.78 is 5.55. The lowest BCUT2D eigenvalue weighted by molar-refractivity contribution is -0.130. The van der Waals surface area contributed by atoms with E-state index in [1.165, 1.54) is 11.1 Å². The number of amides is 1. The van der Waals surface area contributed by atoms with E-state index in [1.54, 1.807) is 0 Å². The fourth-order valence-electron chi connectivity index (χ4n) is 4.52. The molecule has 3 heterocycles. The van der Waals surface area contributed by atoms with Gasteiger partial charge in [-0.2, -0.15) is 0 Å². The van der Waals surface area contributed by atoms with Crippen molar-refractivity contribution in [3.05, 3.63) is 66.0 Å². The Balaban J connectivity index is 1.37. The molecule has 0 unspecified atom stereocenters. The SMILES string of the molecule is O=C1CC[C@H](CCNCc2ccccc2)N1C[C@@H](c1cccnc1)N1CCOCC1. The van der Waals surface area contributed by atoms with E-state index in [-0.39, 0.29) is 11.9 Å². The van der Waals surface area contributed by atoms with Crippen LogP contribution in [0.2, 0.25) is 0 Å². The lowest BCUT2D eigenvalue weighted by Gasteiger charge is -2.38. The van der Waals surface area contributed by atoms with E-state index >= 15 is 0 Å². The molecule has 4 rings (SSSR count). The van der Waals surface area contributed by atoms with E-state index in [9.17, 15) is 4.79 Å². The van der Waals surface area contributed by atoms with Gasteiger partial charge < -0.3 is 15.0 Å². The summed E-state index contributed by atoms with van der Waals surface area (Å²) in [4.78, 5) is 21.6. The number of carbonyl (C=O) groups excluding carboxylic acids is 1. The summed E-state index contributed by atoms with van der Waals surface area (Å²) in [7, 11) is 0. The predicted octanol–water partition coefficient (Wildman–Crippen LogP) is 2.63. The molecule has 1 aromatic carbocycles. The van der Waals surface area contributed by atoms with Crippen LogP contribution in [0.25, 0.3) is 0 Å². The van der Waals surface area contributed by atoms with E-state index in [2.05, 4.69) is 50.4 Å². The van der Waals surface area contributed by atoms with Gasteiger partial charge in [0, 0.05) is 51.0 Å². The number of carbonyl (C=O) groups is 1. The lowest BCUT2D eigenvalue weighted by atomic mass is 10.0. The number of aromatic nitrogens is 1. The van der Waals surface area contributed by atoms with E-state index in [0.717, 1.165) is 58.8 Å². The van der Waals surface area contributed by atoms with Gasteiger partial charge in [0.15, 0.2) is 0 Å². The molecule has 0 saturated carbocycles. The Bertz CT molecular complexity index is 780. The van der Waals surface area contributed by atoms with Crippen molar-refractivity contribution in [3.63, 3.8) is 0 Å². The lowest BCUT2D eigenvalue weighted by Crippen LogP contribution is -2.46. The number of likely N-dealkylation sites (tertiary alicyclic amines) is 1. The number of pyridine rings is 1. The van der Waals surface area contributed by atoms with Crippen molar-refractivity contribution >= 4 is 5.91 Å². The van der Waals surface area contributed by atoms with Gasteiger partial charge >= 0.3 is 0 Å². The van der Waals surface area contributed by atoms with E-state index in [0.29, 0.717) is 12.5 Å². The third-order valence-corrected chi connectivity index (χ3v) is 6.20. The van der Waals surface area contributed by atoms with Gasteiger partial charge in [0.1, 0.15) is 0 Å². The smallest absolute Gasteiger partial charge is 0.222 e. The third-order valence-electron chi connectivity index (χ3n) is 6.20. The van der Waals surface area contributed by atoms with E-state index < -0.39 is 0 Å². The highest BCUT2D eigenvalue weighted by atomic mass is 16.5. The van der Waals surface area contributed by atoms with Crippen LogP contribution in [0.4, 0.5) is 0 Å². The summed E-state index contributed by atoms with van der Waals surface area (Å²) in [5.41, 5.74) is 2.47. The fraction of sp³-hybridized carbons (Fsp3) is 0.500. The second-order valence-electron chi connectivity index (χ2n) is 8.14. The number of hydrogen-bond donors (Lipinski definition) is 1. The number of hydrogen-bond acceptors (Lipinski definition) is 5. The van der Waals surface area contributed by atoms with Crippen molar-refractivity contribution in [2.75, 3.05) is 39.4 Å². The van der Waals surface area contributed by atoms with Gasteiger partial charge in [-0.05, 0) is 36.6 Å². The Hall–Kier alpha value is -2.28. The highest BCUT2D eigenvalue weighted by Crippen LogP contribution is 2.28. The molecule has 0 bridgehead atoms. The second-order valence-corrected chi connectivity index (χ2v) is 8.14. The second kappa shape index (κ2) is 10.7. The molecular formula is C24H32N4O2. The number of benzene rings is 1. The fourth-order valence-corrected chi connectivity index (χ4v) is 4.52. The molecule has 0 spiro atoms. The van der Waals surface area contributed by atoms with Crippen molar-refractivity contribution in [3.8, 4) is 0 Å². The Morgan fingerprint density at radius 3 is 2.73 bits per heavy atom.